The van der Waals surface area contributed by atoms with E-state index in [4.69, 9.17) is 0 Å². The summed E-state index contributed by atoms with van der Waals surface area (Å²) >= 11 is 0. The number of anilines is 1. The molecule has 1 atom stereocenters. The van der Waals surface area contributed by atoms with Crippen molar-refractivity contribution >= 4 is 17.9 Å². The Morgan fingerprint density at radius 3 is 2.50 bits per heavy atom. The van der Waals surface area contributed by atoms with Crippen molar-refractivity contribution in [2.45, 2.75) is 19.9 Å². The Labute approximate surface area is 142 Å². The second kappa shape index (κ2) is 6.51. The Hall–Kier alpha value is -2.56. The molecule has 0 saturated carbocycles. The number of amides is 1. The third-order valence-corrected chi connectivity index (χ3v) is 4.93. The number of hydrogen-bond donors (Lipinski definition) is 0. The van der Waals surface area contributed by atoms with Crippen LogP contribution in [0.1, 0.15) is 33.5 Å². The van der Waals surface area contributed by atoms with E-state index in [0.717, 1.165) is 25.1 Å². The molecule has 1 aliphatic rings. The molecule has 0 aliphatic carbocycles. The summed E-state index contributed by atoms with van der Waals surface area (Å²) in [4.78, 5) is 28.2. The molecule has 2 aromatic rings. The molecule has 0 unspecified atom stereocenters. The van der Waals surface area contributed by atoms with Crippen molar-refractivity contribution in [1.29, 1.82) is 0 Å². The molecule has 1 aromatic heterocycles. The van der Waals surface area contributed by atoms with Gasteiger partial charge in [0.1, 0.15) is 5.69 Å². The van der Waals surface area contributed by atoms with E-state index in [2.05, 4.69) is 24.0 Å². The third-order valence-electron chi connectivity index (χ3n) is 4.93. The van der Waals surface area contributed by atoms with Crippen LogP contribution in [-0.2, 0) is 7.05 Å². The molecule has 2 heterocycles. The fourth-order valence-corrected chi connectivity index (χ4v) is 3.33. The highest BCUT2D eigenvalue weighted by molar-refractivity contribution is 5.95. The van der Waals surface area contributed by atoms with Crippen LogP contribution in [-0.4, -0.2) is 47.3 Å². The molecule has 0 N–H and O–H groups in total. The van der Waals surface area contributed by atoms with Gasteiger partial charge in [-0.25, -0.2) is 0 Å². The predicted molar refractivity (Wildman–Crippen MR) is 94.7 cm³/mol. The zero-order valence-electron chi connectivity index (χ0n) is 14.4. The van der Waals surface area contributed by atoms with Crippen molar-refractivity contribution in [1.82, 2.24) is 9.47 Å². The van der Waals surface area contributed by atoms with Crippen LogP contribution < -0.4 is 4.90 Å². The van der Waals surface area contributed by atoms with Gasteiger partial charge in [0.05, 0.1) is 0 Å². The summed E-state index contributed by atoms with van der Waals surface area (Å²) in [5, 5.41) is 0. The fraction of sp³-hybridized carbons (Fsp3) is 0.368. The number of benzene rings is 1. The molecule has 5 nitrogen and oxygen atoms in total. The van der Waals surface area contributed by atoms with Gasteiger partial charge in [0.15, 0.2) is 6.29 Å². The molecule has 0 spiro atoms. The van der Waals surface area contributed by atoms with Gasteiger partial charge in [-0.1, -0.05) is 18.2 Å². The molecule has 1 saturated heterocycles. The summed E-state index contributed by atoms with van der Waals surface area (Å²) in [6, 6.07) is 12.1. The molecule has 3 rings (SSSR count). The zero-order chi connectivity index (χ0) is 17.3. The molecule has 24 heavy (non-hydrogen) atoms. The maximum absolute atomic E-state index is 12.9. The Morgan fingerprint density at radius 2 is 1.92 bits per heavy atom. The Bertz CT molecular complexity index is 751. The second-order valence-electron chi connectivity index (χ2n) is 6.38. The van der Waals surface area contributed by atoms with Crippen molar-refractivity contribution in [3.05, 3.63) is 53.3 Å². The Morgan fingerprint density at radius 1 is 1.21 bits per heavy atom. The standard InChI is InChI=1S/C19H23N3O2/c1-14-12-21(17-7-5-4-6-8-17)9-10-22(14)19(24)18-11-16(13-23)15(2)20(18)3/h4-8,11,13-14H,9-10,12H2,1-3H3/t14-/m1/s1. The normalized spacial score (nSPS) is 17.9. The van der Waals surface area contributed by atoms with Crippen LogP contribution in [0.4, 0.5) is 5.69 Å². The summed E-state index contributed by atoms with van der Waals surface area (Å²) in [6.07, 6.45) is 0.808. The van der Waals surface area contributed by atoms with Crippen molar-refractivity contribution in [2.75, 3.05) is 24.5 Å². The number of piperazine rings is 1. The van der Waals surface area contributed by atoms with Crippen LogP contribution in [0.25, 0.3) is 0 Å². The molecule has 126 valence electrons. The first kappa shape index (κ1) is 16.3. The van der Waals surface area contributed by atoms with Crippen LogP contribution >= 0.6 is 0 Å². The molecule has 0 radical (unpaired) electrons. The number of carbonyl (C=O) groups excluding carboxylic acids is 2. The predicted octanol–water partition coefficient (Wildman–Crippen LogP) is 2.50. The van der Waals surface area contributed by atoms with Crippen LogP contribution in [0.5, 0.6) is 0 Å². The van der Waals surface area contributed by atoms with Crippen molar-refractivity contribution in [3.8, 4) is 0 Å². The van der Waals surface area contributed by atoms with E-state index in [9.17, 15) is 9.59 Å². The van der Waals surface area contributed by atoms with Crippen LogP contribution in [0, 0.1) is 6.92 Å². The summed E-state index contributed by atoms with van der Waals surface area (Å²) in [5.74, 6) is -0.00564. The number of aromatic nitrogens is 1. The maximum Gasteiger partial charge on any atom is 0.270 e. The van der Waals surface area contributed by atoms with Crippen molar-refractivity contribution < 1.29 is 9.59 Å². The van der Waals surface area contributed by atoms with E-state index in [1.807, 2.05) is 41.6 Å². The number of para-hydroxylation sites is 1. The molecule has 0 bridgehead atoms. The lowest BCUT2D eigenvalue weighted by atomic mass is 10.1. The lowest BCUT2D eigenvalue weighted by Crippen LogP contribution is -2.54. The van der Waals surface area contributed by atoms with Gasteiger partial charge >= 0.3 is 0 Å². The number of aldehydes is 1. The van der Waals surface area contributed by atoms with Gasteiger partial charge in [-0.2, -0.15) is 0 Å². The molecular formula is C19H23N3O2. The summed E-state index contributed by atoms with van der Waals surface area (Å²) in [7, 11) is 1.83. The topological polar surface area (TPSA) is 45.6 Å². The first-order valence-electron chi connectivity index (χ1n) is 8.25. The minimum absolute atomic E-state index is 0.00564. The van der Waals surface area contributed by atoms with E-state index < -0.39 is 0 Å². The lowest BCUT2D eigenvalue weighted by molar-refractivity contribution is 0.0664. The molecule has 1 aliphatic heterocycles. The highest BCUT2D eigenvalue weighted by Gasteiger charge is 2.30. The Balaban J connectivity index is 1.77. The van der Waals surface area contributed by atoms with Crippen LogP contribution in [0.2, 0.25) is 0 Å². The molecular weight excluding hydrogens is 302 g/mol. The summed E-state index contributed by atoms with van der Waals surface area (Å²) in [5.41, 5.74) is 3.17. The first-order valence-corrected chi connectivity index (χ1v) is 8.25. The average molecular weight is 325 g/mol. The maximum atomic E-state index is 12.9. The highest BCUT2D eigenvalue weighted by atomic mass is 16.2. The van der Waals surface area contributed by atoms with E-state index in [-0.39, 0.29) is 11.9 Å². The first-order chi connectivity index (χ1) is 11.5. The van der Waals surface area contributed by atoms with E-state index in [0.29, 0.717) is 17.8 Å². The average Bonchev–Trinajstić information content (AvgIpc) is 2.90. The Kier molecular flexibility index (Phi) is 4.42. The van der Waals surface area contributed by atoms with Gasteiger partial charge < -0.3 is 14.4 Å². The lowest BCUT2D eigenvalue weighted by Gasteiger charge is -2.41. The van der Waals surface area contributed by atoms with Gasteiger partial charge in [0.25, 0.3) is 5.91 Å². The van der Waals surface area contributed by atoms with Gasteiger partial charge in [-0.3, -0.25) is 9.59 Å². The highest BCUT2D eigenvalue weighted by Crippen LogP contribution is 2.21. The minimum Gasteiger partial charge on any atom is -0.368 e. The van der Waals surface area contributed by atoms with Gasteiger partial charge in [0.2, 0.25) is 0 Å². The van der Waals surface area contributed by atoms with Gasteiger partial charge in [0, 0.05) is 49.7 Å². The molecule has 1 aromatic carbocycles. The van der Waals surface area contributed by atoms with Gasteiger partial charge in [-0.05, 0) is 32.0 Å². The van der Waals surface area contributed by atoms with Crippen LogP contribution in [0.15, 0.2) is 36.4 Å². The molecule has 1 fully saturated rings. The quantitative estimate of drug-likeness (QED) is 0.815. The van der Waals surface area contributed by atoms with Crippen LogP contribution in [0.3, 0.4) is 0 Å². The zero-order valence-corrected chi connectivity index (χ0v) is 14.4. The second-order valence-corrected chi connectivity index (χ2v) is 6.38. The summed E-state index contributed by atoms with van der Waals surface area (Å²) < 4.78 is 1.81. The largest absolute Gasteiger partial charge is 0.368 e. The monoisotopic (exact) mass is 325 g/mol. The van der Waals surface area contributed by atoms with Gasteiger partial charge in [-0.15, -0.1) is 0 Å². The minimum atomic E-state index is -0.00564. The van der Waals surface area contributed by atoms with E-state index in [1.54, 1.807) is 6.07 Å². The SMILES string of the molecule is Cc1c(C=O)cc(C(=O)N2CCN(c3ccccc3)C[C@H]2C)n1C. The van der Waals surface area contributed by atoms with E-state index in [1.165, 1.54) is 5.69 Å². The van der Waals surface area contributed by atoms with Crippen molar-refractivity contribution in [3.63, 3.8) is 0 Å². The smallest absolute Gasteiger partial charge is 0.270 e. The number of nitrogens with zero attached hydrogens (tertiary/aromatic N) is 3. The van der Waals surface area contributed by atoms with Crippen molar-refractivity contribution in [2.24, 2.45) is 7.05 Å². The molecule has 5 heteroatoms. The number of hydrogen-bond acceptors (Lipinski definition) is 3. The summed E-state index contributed by atoms with van der Waals surface area (Å²) in [6.45, 7) is 6.22. The molecule has 1 amide bonds. The number of carbonyl (C=O) groups is 2. The number of rotatable bonds is 3. The van der Waals surface area contributed by atoms with E-state index >= 15 is 0 Å². The third kappa shape index (κ3) is 2.82. The fourth-order valence-electron chi connectivity index (χ4n) is 3.33.